The maximum absolute atomic E-state index is 13.1. The lowest BCUT2D eigenvalue weighted by Gasteiger charge is -2.35. The van der Waals surface area contributed by atoms with Gasteiger partial charge in [-0.3, -0.25) is 4.18 Å². The first-order chi connectivity index (χ1) is 14.5. The lowest BCUT2D eigenvalue weighted by Crippen LogP contribution is -2.42. The van der Waals surface area contributed by atoms with E-state index in [0.717, 1.165) is 5.56 Å². The molecular formula is C21H23Cl2N3O4S. The molecule has 2 aromatic carbocycles. The Morgan fingerprint density at radius 2 is 1.74 bits per heavy atom. The van der Waals surface area contributed by atoms with E-state index in [1.54, 1.807) is 24.3 Å². The van der Waals surface area contributed by atoms with Crippen molar-refractivity contribution in [2.24, 2.45) is 5.41 Å². The Balaban J connectivity index is 2.02. The smallest absolute Gasteiger partial charge is 0.297 e. The van der Waals surface area contributed by atoms with Gasteiger partial charge in [0.2, 0.25) is 6.23 Å². The second-order valence-corrected chi connectivity index (χ2v) is 10.5. The Morgan fingerprint density at radius 1 is 1.06 bits per heavy atom. The summed E-state index contributed by atoms with van der Waals surface area (Å²) in [5.74, 6) is 0.303. The van der Waals surface area contributed by atoms with Crippen LogP contribution in [0.1, 0.15) is 32.6 Å². The van der Waals surface area contributed by atoms with Crippen LogP contribution in [0, 0.1) is 12.3 Å². The SMILES string of the molecule is Cc1ccc(S(=O)(=O)OC(C(Oc2ccc(Cl)cc2Cl)n2cncn2)C(C)(C)C)cc1. The highest BCUT2D eigenvalue weighted by Crippen LogP contribution is 2.37. The first-order valence-corrected chi connectivity index (χ1v) is 11.6. The van der Waals surface area contributed by atoms with Gasteiger partial charge in [0.15, 0.2) is 0 Å². The molecule has 0 radical (unpaired) electrons. The fourth-order valence-electron chi connectivity index (χ4n) is 2.82. The molecule has 0 N–H and O–H groups in total. The summed E-state index contributed by atoms with van der Waals surface area (Å²) in [4.78, 5) is 4.01. The van der Waals surface area contributed by atoms with E-state index in [2.05, 4.69) is 10.1 Å². The van der Waals surface area contributed by atoms with Gasteiger partial charge in [0.05, 0.1) is 9.92 Å². The fourth-order valence-corrected chi connectivity index (χ4v) is 4.51. The molecule has 3 aromatic rings. The van der Waals surface area contributed by atoms with Crippen molar-refractivity contribution >= 4 is 33.3 Å². The summed E-state index contributed by atoms with van der Waals surface area (Å²) >= 11 is 12.3. The van der Waals surface area contributed by atoms with E-state index < -0.39 is 27.9 Å². The molecule has 0 saturated heterocycles. The summed E-state index contributed by atoms with van der Waals surface area (Å²) in [6, 6.07) is 11.2. The molecule has 0 fully saturated rings. The highest BCUT2D eigenvalue weighted by atomic mass is 35.5. The van der Waals surface area contributed by atoms with E-state index in [1.807, 2.05) is 27.7 Å². The zero-order valence-corrected chi connectivity index (χ0v) is 19.8. The maximum Gasteiger partial charge on any atom is 0.297 e. The third kappa shape index (κ3) is 5.77. The van der Waals surface area contributed by atoms with Gasteiger partial charge in [-0.25, -0.2) is 9.67 Å². The standard InChI is InChI=1S/C21H23Cl2N3O4S/c1-14-5-8-16(9-6-14)31(27,28)30-19(21(2,3)4)20(26-13-24-12-25-26)29-18-10-7-15(22)11-17(18)23/h5-13,19-20H,1-4H3. The van der Waals surface area contributed by atoms with Gasteiger partial charge in [-0.15, -0.1) is 0 Å². The molecule has 0 spiro atoms. The van der Waals surface area contributed by atoms with Gasteiger partial charge < -0.3 is 4.74 Å². The molecule has 0 aliphatic heterocycles. The van der Waals surface area contributed by atoms with Gasteiger partial charge in [0.1, 0.15) is 24.5 Å². The van der Waals surface area contributed by atoms with Crippen LogP contribution in [0.2, 0.25) is 10.0 Å². The highest BCUT2D eigenvalue weighted by molar-refractivity contribution is 7.86. The molecule has 0 aliphatic carbocycles. The van der Waals surface area contributed by atoms with Crippen LogP contribution in [-0.4, -0.2) is 29.3 Å². The van der Waals surface area contributed by atoms with Crippen LogP contribution >= 0.6 is 23.2 Å². The molecule has 3 rings (SSSR count). The third-order valence-electron chi connectivity index (χ3n) is 4.49. The molecule has 1 heterocycles. The zero-order chi connectivity index (χ0) is 22.8. The number of nitrogens with zero attached hydrogens (tertiary/aromatic N) is 3. The Labute approximate surface area is 192 Å². The van der Waals surface area contributed by atoms with E-state index >= 15 is 0 Å². The summed E-state index contributed by atoms with van der Waals surface area (Å²) in [6.07, 6.45) is 0.789. The van der Waals surface area contributed by atoms with Crippen LogP contribution in [0.4, 0.5) is 0 Å². The molecule has 31 heavy (non-hydrogen) atoms. The second-order valence-electron chi connectivity index (χ2n) is 8.11. The maximum atomic E-state index is 13.1. The van der Waals surface area contributed by atoms with E-state index in [9.17, 15) is 8.42 Å². The largest absolute Gasteiger partial charge is 0.464 e. The number of benzene rings is 2. The number of aromatic nitrogens is 3. The second kappa shape index (κ2) is 9.16. The molecule has 2 unspecified atom stereocenters. The molecule has 1 aromatic heterocycles. The van der Waals surface area contributed by atoms with Crippen LogP contribution in [0.5, 0.6) is 5.75 Å². The van der Waals surface area contributed by atoms with E-state index in [-0.39, 0.29) is 9.92 Å². The first-order valence-electron chi connectivity index (χ1n) is 9.43. The van der Waals surface area contributed by atoms with Crippen LogP contribution in [0.15, 0.2) is 60.0 Å². The van der Waals surface area contributed by atoms with Crippen molar-refractivity contribution in [3.8, 4) is 5.75 Å². The van der Waals surface area contributed by atoms with E-state index in [1.165, 1.54) is 35.5 Å². The lowest BCUT2D eigenvalue weighted by molar-refractivity contribution is -0.0541. The number of rotatable bonds is 7. The Kier molecular flexibility index (Phi) is 6.95. The van der Waals surface area contributed by atoms with Crippen molar-refractivity contribution in [3.63, 3.8) is 0 Å². The van der Waals surface area contributed by atoms with E-state index in [4.69, 9.17) is 32.1 Å². The van der Waals surface area contributed by atoms with Gasteiger partial charge in [-0.05, 0) is 42.7 Å². The zero-order valence-electron chi connectivity index (χ0n) is 17.5. The monoisotopic (exact) mass is 483 g/mol. The van der Waals surface area contributed by atoms with Crippen molar-refractivity contribution in [1.82, 2.24) is 14.8 Å². The normalized spacial score (nSPS) is 14.3. The van der Waals surface area contributed by atoms with Crippen LogP contribution in [-0.2, 0) is 14.3 Å². The van der Waals surface area contributed by atoms with Crippen molar-refractivity contribution in [3.05, 3.63) is 70.7 Å². The van der Waals surface area contributed by atoms with Crippen molar-refractivity contribution in [2.75, 3.05) is 0 Å². The predicted molar refractivity (Wildman–Crippen MR) is 119 cm³/mol. The van der Waals surface area contributed by atoms with Crippen LogP contribution in [0.3, 0.4) is 0 Å². The molecule has 0 saturated carbocycles. The lowest BCUT2D eigenvalue weighted by atomic mass is 9.88. The van der Waals surface area contributed by atoms with Crippen molar-refractivity contribution < 1.29 is 17.3 Å². The predicted octanol–water partition coefficient (Wildman–Crippen LogP) is 5.29. The Hall–Kier alpha value is -2.13. The molecule has 2 atom stereocenters. The van der Waals surface area contributed by atoms with Crippen LogP contribution in [0.25, 0.3) is 0 Å². The fraction of sp³-hybridized carbons (Fsp3) is 0.333. The number of halogens is 2. The summed E-state index contributed by atoms with van der Waals surface area (Å²) in [5, 5.41) is 4.86. The third-order valence-corrected chi connectivity index (χ3v) is 6.33. The Bertz CT molecular complexity index is 1130. The van der Waals surface area contributed by atoms with Gasteiger partial charge in [-0.2, -0.15) is 13.5 Å². The quantitative estimate of drug-likeness (QED) is 0.424. The van der Waals surface area contributed by atoms with Crippen LogP contribution < -0.4 is 4.74 Å². The average molecular weight is 484 g/mol. The summed E-state index contributed by atoms with van der Waals surface area (Å²) < 4.78 is 39.4. The van der Waals surface area contributed by atoms with Gasteiger partial charge in [0, 0.05) is 5.02 Å². The molecular weight excluding hydrogens is 461 g/mol. The average Bonchev–Trinajstić information content (AvgIpc) is 3.20. The number of hydrogen-bond acceptors (Lipinski definition) is 6. The number of aryl methyl sites for hydroxylation is 1. The molecule has 0 bridgehead atoms. The topological polar surface area (TPSA) is 83.3 Å². The molecule has 166 valence electrons. The van der Waals surface area contributed by atoms with Gasteiger partial charge in [-0.1, -0.05) is 61.7 Å². The molecule has 0 aliphatic rings. The van der Waals surface area contributed by atoms with E-state index in [0.29, 0.717) is 10.8 Å². The summed E-state index contributed by atoms with van der Waals surface area (Å²) in [6.45, 7) is 7.41. The van der Waals surface area contributed by atoms with Crippen molar-refractivity contribution in [2.45, 2.75) is 44.9 Å². The minimum Gasteiger partial charge on any atom is -0.464 e. The number of ether oxygens (including phenoxy) is 1. The summed E-state index contributed by atoms with van der Waals surface area (Å²) in [5.41, 5.74) is 0.264. The minimum absolute atomic E-state index is 0.0502. The highest BCUT2D eigenvalue weighted by Gasteiger charge is 2.41. The summed E-state index contributed by atoms with van der Waals surface area (Å²) in [7, 11) is -4.10. The first kappa shape index (κ1) is 23.5. The Morgan fingerprint density at radius 3 is 2.29 bits per heavy atom. The van der Waals surface area contributed by atoms with Crippen molar-refractivity contribution in [1.29, 1.82) is 0 Å². The minimum atomic E-state index is -4.10. The molecule has 10 heteroatoms. The molecule has 0 amide bonds. The van der Waals surface area contributed by atoms with Gasteiger partial charge >= 0.3 is 0 Å². The number of hydrogen-bond donors (Lipinski definition) is 0. The molecule has 7 nitrogen and oxygen atoms in total. The van der Waals surface area contributed by atoms with Gasteiger partial charge in [0.25, 0.3) is 10.1 Å².